The number of aryl methyl sites for hydroxylation is 1. The number of para-hydroxylation sites is 1. The van der Waals surface area contributed by atoms with Gasteiger partial charge in [-0.15, -0.1) is 10.2 Å². The van der Waals surface area contributed by atoms with Gasteiger partial charge in [0.15, 0.2) is 11.0 Å². The Hall–Kier alpha value is -3.78. The molecule has 0 spiro atoms. The minimum atomic E-state index is -0.324. The van der Waals surface area contributed by atoms with Crippen LogP contribution in [0, 0.1) is 12.7 Å². The SMILES string of the molecule is Cc1ccc(-c2nnc(SCC(=O)N/N=C\c3ccc(F)cc3)n2-c2ccccc2)cc1. The van der Waals surface area contributed by atoms with Crippen molar-refractivity contribution in [3.63, 3.8) is 0 Å². The average Bonchev–Trinajstić information content (AvgIpc) is 3.24. The number of carbonyl (C=O) groups is 1. The lowest BCUT2D eigenvalue weighted by Crippen LogP contribution is -2.20. The van der Waals surface area contributed by atoms with Crippen LogP contribution >= 0.6 is 11.8 Å². The normalized spacial score (nSPS) is 11.1. The first-order valence-electron chi connectivity index (χ1n) is 9.88. The molecule has 4 rings (SSSR count). The second-order valence-electron chi connectivity index (χ2n) is 6.98. The molecule has 0 radical (unpaired) electrons. The third-order valence-corrected chi connectivity index (χ3v) is 5.49. The molecule has 160 valence electrons. The number of benzene rings is 3. The molecule has 1 aromatic heterocycles. The molecular formula is C24H20FN5OS. The van der Waals surface area contributed by atoms with Crippen molar-refractivity contribution in [2.75, 3.05) is 5.75 Å². The zero-order valence-corrected chi connectivity index (χ0v) is 18.1. The maximum Gasteiger partial charge on any atom is 0.250 e. The highest BCUT2D eigenvalue weighted by Crippen LogP contribution is 2.28. The van der Waals surface area contributed by atoms with Gasteiger partial charge >= 0.3 is 0 Å². The van der Waals surface area contributed by atoms with Crippen molar-refractivity contribution in [3.05, 3.63) is 95.8 Å². The van der Waals surface area contributed by atoms with Crippen molar-refractivity contribution in [2.45, 2.75) is 12.1 Å². The maximum absolute atomic E-state index is 13.0. The van der Waals surface area contributed by atoms with E-state index in [0.29, 0.717) is 16.5 Å². The second-order valence-corrected chi connectivity index (χ2v) is 7.92. The van der Waals surface area contributed by atoms with Gasteiger partial charge in [0, 0.05) is 11.3 Å². The zero-order chi connectivity index (χ0) is 22.3. The van der Waals surface area contributed by atoms with Crippen molar-refractivity contribution in [1.82, 2.24) is 20.2 Å². The van der Waals surface area contributed by atoms with E-state index in [4.69, 9.17) is 0 Å². The van der Waals surface area contributed by atoms with E-state index in [1.165, 1.54) is 30.1 Å². The van der Waals surface area contributed by atoms with Crippen LogP contribution in [0.15, 0.2) is 89.1 Å². The Morgan fingerprint density at radius 3 is 2.47 bits per heavy atom. The van der Waals surface area contributed by atoms with E-state index in [1.807, 2.05) is 66.1 Å². The molecule has 0 aliphatic carbocycles. The van der Waals surface area contributed by atoms with Gasteiger partial charge in [-0.25, -0.2) is 9.82 Å². The maximum atomic E-state index is 13.0. The van der Waals surface area contributed by atoms with E-state index in [2.05, 4.69) is 20.7 Å². The van der Waals surface area contributed by atoms with Gasteiger partial charge in [0.05, 0.1) is 12.0 Å². The lowest BCUT2D eigenvalue weighted by atomic mass is 10.1. The van der Waals surface area contributed by atoms with Gasteiger partial charge in [0.25, 0.3) is 5.91 Å². The first-order chi connectivity index (χ1) is 15.6. The van der Waals surface area contributed by atoms with Crippen LogP contribution in [-0.2, 0) is 4.79 Å². The number of halogens is 1. The number of hydrazone groups is 1. The number of nitrogens with one attached hydrogen (secondary N) is 1. The molecule has 0 saturated heterocycles. The number of carbonyl (C=O) groups excluding carboxylic acids is 1. The standard InChI is InChI=1S/C24H20FN5OS/c1-17-7-11-19(12-8-17)23-28-29-24(30(23)21-5-3-2-4-6-21)32-16-22(31)27-26-15-18-9-13-20(25)14-10-18/h2-15H,16H2,1H3,(H,27,31)/b26-15-. The monoisotopic (exact) mass is 445 g/mol. The smallest absolute Gasteiger partial charge is 0.250 e. The Morgan fingerprint density at radius 2 is 1.75 bits per heavy atom. The molecule has 0 atom stereocenters. The minimum Gasteiger partial charge on any atom is -0.272 e. The van der Waals surface area contributed by atoms with E-state index >= 15 is 0 Å². The number of rotatable bonds is 7. The zero-order valence-electron chi connectivity index (χ0n) is 17.3. The van der Waals surface area contributed by atoms with Crippen LogP contribution in [-0.4, -0.2) is 32.6 Å². The molecule has 8 heteroatoms. The predicted molar refractivity (Wildman–Crippen MR) is 124 cm³/mol. The third kappa shape index (κ3) is 5.28. The number of hydrogen-bond donors (Lipinski definition) is 1. The molecule has 1 amide bonds. The van der Waals surface area contributed by atoms with E-state index < -0.39 is 0 Å². The molecule has 4 aromatic rings. The Bertz CT molecular complexity index is 1220. The molecule has 0 aliphatic heterocycles. The van der Waals surface area contributed by atoms with E-state index in [-0.39, 0.29) is 17.5 Å². The number of thioether (sulfide) groups is 1. The summed E-state index contributed by atoms with van der Waals surface area (Å²) < 4.78 is 14.9. The summed E-state index contributed by atoms with van der Waals surface area (Å²) in [5.74, 6) is 0.205. The Morgan fingerprint density at radius 1 is 1.03 bits per heavy atom. The molecule has 0 aliphatic rings. The molecule has 1 N–H and O–H groups in total. The molecule has 1 heterocycles. The summed E-state index contributed by atoms with van der Waals surface area (Å²) in [4.78, 5) is 12.3. The van der Waals surface area contributed by atoms with Crippen molar-refractivity contribution in [2.24, 2.45) is 5.10 Å². The Kier molecular flexibility index (Phi) is 6.72. The molecule has 0 unspecified atom stereocenters. The predicted octanol–water partition coefficient (Wildman–Crippen LogP) is 4.62. The van der Waals surface area contributed by atoms with Crippen LogP contribution < -0.4 is 5.43 Å². The average molecular weight is 446 g/mol. The van der Waals surface area contributed by atoms with Crippen LogP contribution in [0.2, 0.25) is 0 Å². The fraction of sp³-hybridized carbons (Fsp3) is 0.0833. The van der Waals surface area contributed by atoms with Crippen molar-refractivity contribution < 1.29 is 9.18 Å². The van der Waals surface area contributed by atoms with Crippen molar-refractivity contribution in [3.8, 4) is 17.1 Å². The minimum absolute atomic E-state index is 0.111. The quantitative estimate of drug-likeness (QED) is 0.256. The first kappa shape index (κ1) is 21.5. The lowest BCUT2D eigenvalue weighted by molar-refractivity contribution is -0.118. The summed E-state index contributed by atoms with van der Waals surface area (Å²) >= 11 is 1.27. The lowest BCUT2D eigenvalue weighted by Gasteiger charge is -2.10. The third-order valence-electron chi connectivity index (χ3n) is 4.56. The highest BCUT2D eigenvalue weighted by molar-refractivity contribution is 7.99. The highest BCUT2D eigenvalue weighted by Gasteiger charge is 2.17. The summed E-state index contributed by atoms with van der Waals surface area (Å²) in [6.45, 7) is 2.03. The molecule has 0 fully saturated rings. The van der Waals surface area contributed by atoms with Gasteiger partial charge in [0.1, 0.15) is 5.82 Å². The fourth-order valence-electron chi connectivity index (χ4n) is 2.95. The molecule has 32 heavy (non-hydrogen) atoms. The number of amides is 1. The Labute approximate surface area is 189 Å². The van der Waals surface area contributed by atoms with Crippen molar-refractivity contribution in [1.29, 1.82) is 0 Å². The highest BCUT2D eigenvalue weighted by atomic mass is 32.2. The fourth-order valence-corrected chi connectivity index (χ4v) is 3.70. The van der Waals surface area contributed by atoms with Gasteiger partial charge in [-0.3, -0.25) is 9.36 Å². The van der Waals surface area contributed by atoms with Gasteiger partial charge in [-0.1, -0.05) is 71.9 Å². The second kappa shape index (κ2) is 10.0. The van der Waals surface area contributed by atoms with E-state index in [1.54, 1.807) is 12.1 Å². The Balaban J connectivity index is 1.49. The van der Waals surface area contributed by atoms with Gasteiger partial charge in [-0.2, -0.15) is 5.10 Å². The summed E-state index contributed by atoms with van der Waals surface area (Å²) in [5, 5.41) is 13.2. The molecule has 6 nitrogen and oxygen atoms in total. The van der Waals surface area contributed by atoms with Gasteiger partial charge in [-0.05, 0) is 36.8 Å². The number of hydrogen-bond acceptors (Lipinski definition) is 5. The summed E-state index contributed by atoms with van der Waals surface area (Å²) in [6, 6.07) is 23.7. The number of nitrogens with zero attached hydrogens (tertiary/aromatic N) is 4. The number of aromatic nitrogens is 3. The summed E-state index contributed by atoms with van der Waals surface area (Å²) in [6.07, 6.45) is 1.46. The first-order valence-corrected chi connectivity index (χ1v) is 10.9. The van der Waals surface area contributed by atoms with Crippen LogP contribution in [0.5, 0.6) is 0 Å². The van der Waals surface area contributed by atoms with Crippen LogP contribution in [0.3, 0.4) is 0 Å². The van der Waals surface area contributed by atoms with Gasteiger partial charge in [0.2, 0.25) is 0 Å². The summed E-state index contributed by atoms with van der Waals surface area (Å²) in [7, 11) is 0. The van der Waals surface area contributed by atoms with Crippen LogP contribution in [0.25, 0.3) is 17.1 Å². The molecule has 3 aromatic carbocycles. The van der Waals surface area contributed by atoms with E-state index in [0.717, 1.165) is 16.8 Å². The molecular weight excluding hydrogens is 425 g/mol. The van der Waals surface area contributed by atoms with Crippen molar-refractivity contribution >= 4 is 23.9 Å². The molecule has 0 saturated carbocycles. The molecule has 0 bridgehead atoms. The van der Waals surface area contributed by atoms with E-state index in [9.17, 15) is 9.18 Å². The van der Waals surface area contributed by atoms with Gasteiger partial charge < -0.3 is 0 Å². The summed E-state index contributed by atoms with van der Waals surface area (Å²) in [5.41, 5.74) is 6.17. The van der Waals surface area contributed by atoms with Crippen LogP contribution in [0.1, 0.15) is 11.1 Å². The topological polar surface area (TPSA) is 72.2 Å². The largest absolute Gasteiger partial charge is 0.272 e. The van der Waals surface area contributed by atoms with Crippen LogP contribution in [0.4, 0.5) is 4.39 Å².